The van der Waals surface area contributed by atoms with Crippen molar-refractivity contribution in [3.8, 4) is 0 Å². The number of carbonyl (C=O) groups is 2. The Bertz CT molecular complexity index is 844. The molecule has 6 rings (SSSR count). The van der Waals surface area contributed by atoms with Gasteiger partial charge in [-0.15, -0.1) is 0 Å². The van der Waals surface area contributed by atoms with Gasteiger partial charge in [-0.05, 0) is 61.5 Å². The number of nitrogens with one attached hydrogen (secondary N) is 2. The first-order valence-electron chi connectivity index (χ1n) is 11.3. The minimum absolute atomic E-state index is 0.0112. The van der Waals surface area contributed by atoms with Crippen molar-refractivity contribution in [2.24, 2.45) is 29.1 Å². The first-order valence-corrected chi connectivity index (χ1v) is 11.3. The summed E-state index contributed by atoms with van der Waals surface area (Å²) in [5.74, 6) is 1.89. The Morgan fingerprint density at radius 1 is 1.10 bits per heavy atom. The zero-order valence-electron chi connectivity index (χ0n) is 17.8. The third kappa shape index (κ3) is 2.96. The molecule has 156 valence electrons. The molecule has 2 amide bonds. The number of nitrogens with zero attached hydrogens (tertiary/aromatic N) is 1. The number of amides is 2. The Labute approximate surface area is 173 Å². The van der Waals surface area contributed by atoms with E-state index in [1.165, 1.54) is 6.42 Å². The van der Waals surface area contributed by atoms with Crippen LogP contribution in [0.5, 0.6) is 0 Å². The molecule has 5 aliphatic rings. The minimum Gasteiger partial charge on any atom is -0.362 e. The summed E-state index contributed by atoms with van der Waals surface area (Å²) < 4.78 is 0. The van der Waals surface area contributed by atoms with Gasteiger partial charge in [-0.25, -0.2) is 0 Å². The summed E-state index contributed by atoms with van der Waals surface area (Å²) in [6.45, 7) is 8.59. The van der Waals surface area contributed by atoms with Gasteiger partial charge in [0.1, 0.15) is 5.66 Å². The minimum atomic E-state index is -0.419. The number of benzene rings is 1. The van der Waals surface area contributed by atoms with E-state index in [1.807, 2.05) is 24.3 Å². The fourth-order valence-corrected chi connectivity index (χ4v) is 6.89. The quantitative estimate of drug-likeness (QED) is 0.759. The van der Waals surface area contributed by atoms with Gasteiger partial charge in [0.15, 0.2) is 0 Å². The van der Waals surface area contributed by atoms with Crippen molar-refractivity contribution in [2.75, 3.05) is 18.4 Å². The van der Waals surface area contributed by atoms with Gasteiger partial charge in [0.2, 0.25) is 5.91 Å². The second-order valence-corrected chi connectivity index (χ2v) is 10.6. The zero-order valence-corrected chi connectivity index (χ0v) is 17.8. The SMILES string of the molecule is C[C@@H]1C[C@H](C)CN(C(=O)[C@@H]2C[C@H]3CC[C@@]2(C)C[C@]32NC(=O)c3ccccc3N2)C1. The first-order chi connectivity index (χ1) is 13.8. The monoisotopic (exact) mass is 395 g/mol. The van der Waals surface area contributed by atoms with Gasteiger partial charge >= 0.3 is 0 Å². The second kappa shape index (κ2) is 6.48. The molecule has 1 aromatic carbocycles. The zero-order chi connectivity index (χ0) is 20.4. The average Bonchev–Trinajstić information content (AvgIpc) is 2.66. The van der Waals surface area contributed by atoms with Crippen LogP contribution >= 0.6 is 0 Å². The number of carbonyl (C=O) groups excluding carboxylic acids is 2. The fraction of sp³-hybridized carbons (Fsp3) is 0.667. The molecule has 6 atom stereocenters. The van der Waals surface area contributed by atoms with Crippen molar-refractivity contribution in [3.05, 3.63) is 29.8 Å². The van der Waals surface area contributed by atoms with Crippen LogP contribution in [-0.2, 0) is 4.79 Å². The number of fused-ring (bicyclic) bond motifs is 3. The summed E-state index contributed by atoms with van der Waals surface area (Å²) >= 11 is 0. The smallest absolute Gasteiger partial charge is 0.255 e. The standard InChI is InChI=1S/C24H33N3O2/c1-15-10-16(2)13-27(12-15)22(29)19-11-17-8-9-23(19,3)14-24(17)25-20-7-5-4-6-18(20)21(28)26-24/h4-7,15-17,19,25H,8-14H2,1-3H3,(H,26,28)/t15-,16+,17-,19+,23+,24+/m1/s1. The Hall–Kier alpha value is -2.04. The van der Waals surface area contributed by atoms with Crippen LogP contribution in [0.15, 0.2) is 24.3 Å². The van der Waals surface area contributed by atoms with Crippen molar-refractivity contribution < 1.29 is 9.59 Å². The predicted octanol–water partition coefficient (Wildman–Crippen LogP) is 3.87. The average molecular weight is 396 g/mol. The number of para-hydroxylation sites is 1. The maximum atomic E-state index is 13.6. The van der Waals surface area contributed by atoms with Crippen LogP contribution in [0.3, 0.4) is 0 Å². The highest BCUT2D eigenvalue weighted by Crippen LogP contribution is 2.59. The maximum Gasteiger partial charge on any atom is 0.255 e. The molecule has 3 saturated carbocycles. The highest BCUT2D eigenvalue weighted by atomic mass is 16.2. The van der Waals surface area contributed by atoms with Crippen LogP contribution in [0.2, 0.25) is 0 Å². The Kier molecular flexibility index (Phi) is 4.24. The largest absolute Gasteiger partial charge is 0.362 e. The van der Waals surface area contributed by atoms with Crippen LogP contribution in [-0.4, -0.2) is 35.5 Å². The topological polar surface area (TPSA) is 61.4 Å². The van der Waals surface area contributed by atoms with E-state index in [2.05, 4.69) is 36.3 Å². The lowest BCUT2D eigenvalue weighted by atomic mass is 9.51. The lowest BCUT2D eigenvalue weighted by Gasteiger charge is -2.61. The van der Waals surface area contributed by atoms with E-state index in [9.17, 15) is 9.59 Å². The van der Waals surface area contributed by atoms with Crippen molar-refractivity contribution in [2.45, 2.75) is 58.5 Å². The van der Waals surface area contributed by atoms with Gasteiger partial charge in [0.05, 0.1) is 5.56 Å². The molecule has 4 fully saturated rings. The molecule has 5 nitrogen and oxygen atoms in total. The molecule has 5 heteroatoms. The third-order valence-corrected chi connectivity index (χ3v) is 8.15. The van der Waals surface area contributed by atoms with E-state index in [0.29, 0.717) is 23.3 Å². The normalized spacial score (nSPS) is 40.9. The number of hydrogen-bond donors (Lipinski definition) is 2. The van der Waals surface area contributed by atoms with E-state index in [4.69, 9.17) is 0 Å². The van der Waals surface area contributed by atoms with Crippen LogP contribution in [0, 0.1) is 29.1 Å². The number of rotatable bonds is 1. The number of likely N-dealkylation sites (tertiary alicyclic amines) is 1. The van der Waals surface area contributed by atoms with Crippen molar-refractivity contribution >= 4 is 17.5 Å². The Balaban J connectivity index is 1.41. The van der Waals surface area contributed by atoms with E-state index < -0.39 is 5.66 Å². The van der Waals surface area contributed by atoms with Crippen LogP contribution in [0.25, 0.3) is 0 Å². The van der Waals surface area contributed by atoms with E-state index in [1.54, 1.807) is 0 Å². The molecule has 2 bridgehead atoms. The highest BCUT2D eigenvalue weighted by Gasteiger charge is 2.60. The van der Waals surface area contributed by atoms with Gasteiger partial charge < -0.3 is 15.5 Å². The summed E-state index contributed by atoms with van der Waals surface area (Å²) in [5, 5.41) is 7.02. The van der Waals surface area contributed by atoms with Crippen LogP contribution in [0.1, 0.15) is 63.2 Å². The van der Waals surface area contributed by atoms with E-state index in [0.717, 1.165) is 44.5 Å². The Morgan fingerprint density at radius 3 is 2.55 bits per heavy atom. The molecule has 2 aliphatic heterocycles. The van der Waals surface area contributed by atoms with Crippen molar-refractivity contribution in [1.29, 1.82) is 0 Å². The molecule has 3 aliphatic carbocycles. The summed E-state index contributed by atoms with van der Waals surface area (Å²) in [4.78, 5) is 28.6. The second-order valence-electron chi connectivity index (χ2n) is 10.6. The number of hydrogen-bond acceptors (Lipinski definition) is 3. The molecule has 0 unspecified atom stereocenters. The molecule has 1 spiro atoms. The molecule has 0 aromatic heterocycles. The Morgan fingerprint density at radius 2 is 1.83 bits per heavy atom. The van der Waals surface area contributed by atoms with Gasteiger partial charge in [-0.2, -0.15) is 0 Å². The van der Waals surface area contributed by atoms with Gasteiger partial charge in [0.25, 0.3) is 5.91 Å². The fourth-order valence-electron chi connectivity index (χ4n) is 6.89. The third-order valence-electron chi connectivity index (χ3n) is 8.15. The molecule has 1 saturated heterocycles. The first kappa shape index (κ1) is 19.0. The van der Waals surface area contributed by atoms with E-state index >= 15 is 0 Å². The summed E-state index contributed by atoms with van der Waals surface area (Å²) in [6, 6.07) is 7.76. The molecule has 29 heavy (non-hydrogen) atoms. The summed E-state index contributed by atoms with van der Waals surface area (Å²) in [6.07, 6.45) is 5.02. The van der Waals surface area contributed by atoms with Gasteiger partial charge in [-0.3, -0.25) is 9.59 Å². The summed E-state index contributed by atoms with van der Waals surface area (Å²) in [5.41, 5.74) is 1.14. The van der Waals surface area contributed by atoms with Gasteiger partial charge in [-0.1, -0.05) is 32.9 Å². The molecule has 2 N–H and O–H groups in total. The van der Waals surface area contributed by atoms with Gasteiger partial charge in [0, 0.05) is 30.6 Å². The number of piperidine rings is 1. The predicted molar refractivity (Wildman–Crippen MR) is 113 cm³/mol. The summed E-state index contributed by atoms with van der Waals surface area (Å²) in [7, 11) is 0. The molecule has 1 aromatic rings. The molecular formula is C24H33N3O2. The van der Waals surface area contributed by atoms with Crippen molar-refractivity contribution in [1.82, 2.24) is 10.2 Å². The van der Waals surface area contributed by atoms with Crippen molar-refractivity contribution in [3.63, 3.8) is 0 Å². The lowest BCUT2D eigenvalue weighted by Crippen LogP contribution is -2.70. The number of anilines is 1. The molecule has 0 radical (unpaired) electrons. The van der Waals surface area contributed by atoms with Crippen LogP contribution < -0.4 is 10.6 Å². The molecular weight excluding hydrogens is 362 g/mol. The van der Waals surface area contributed by atoms with Crippen LogP contribution in [0.4, 0.5) is 5.69 Å². The highest BCUT2D eigenvalue weighted by molar-refractivity contribution is 6.02. The molecule has 2 heterocycles. The van der Waals surface area contributed by atoms with E-state index in [-0.39, 0.29) is 23.2 Å². The maximum absolute atomic E-state index is 13.6. The lowest BCUT2D eigenvalue weighted by molar-refractivity contribution is -0.153.